The van der Waals surface area contributed by atoms with Crippen molar-refractivity contribution in [3.63, 3.8) is 0 Å². The zero-order valence-electron chi connectivity index (χ0n) is 15.7. The van der Waals surface area contributed by atoms with Crippen LogP contribution in [-0.2, 0) is 14.1 Å². The molecule has 2 aliphatic rings. The molecule has 2 saturated heterocycles. The van der Waals surface area contributed by atoms with Gasteiger partial charge in [0.1, 0.15) is 12.5 Å². The molecule has 0 spiro atoms. The van der Waals surface area contributed by atoms with Crippen LogP contribution >= 0.6 is 11.6 Å². The van der Waals surface area contributed by atoms with E-state index in [4.69, 9.17) is 25.6 Å². The van der Waals surface area contributed by atoms with Crippen LogP contribution in [0.5, 0.6) is 6.01 Å². The van der Waals surface area contributed by atoms with E-state index in [-0.39, 0.29) is 23.8 Å². The van der Waals surface area contributed by atoms with Crippen LogP contribution in [0.25, 0.3) is 0 Å². The van der Waals surface area contributed by atoms with Gasteiger partial charge in [-0.1, -0.05) is 0 Å². The fourth-order valence-electron chi connectivity index (χ4n) is 3.09. The first-order chi connectivity index (χ1) is 12.2. The van der Waals surface area contributed by atoms with Gasteiger partial charge in [-0.25, -0.2) is 9.97 Å². The van der Waals surface area contributed by atoms with Crippen molar-refractivity contribution in [1.29, 1.82) is 0 Å². The second-order valence-corrected chi connectivity index (χ2v) is 7.98. The second-order valence-electron chi connectivity index (χ2n) is 7.72. The molecule has 9 heteroatoms. The summed E-state index contributed by atoms with van der Waals surface area (Å²) in [7, 11) is -0.499. The number of alkyl halides is 1. The predicted molar refractivity (Wildman–Crippen MR) is 98.7 cm³/mol. The van der Waals surface area contributed by atoms with Gasteiger partial charge in [-0.2, -0.15) is 0 Å². The Hall–Kier alpha value is -1.38. The highest BCUT2D eigenvalue weighted by atomic mass is 35.5. The molecule has 0 radical (unpaired) electrons. The molecule has 26 heavy (non-hydrogen) atoms. The maximum Gasteiger partial charge on any atom is 0.498 e. The van der Waals surface area contributed by atoms with Crippen LogP contribution in [0.3, 0.4) is 0 Å². The van der Waals surface area contributed by atoms with Gasteiger partial charge in [0.2, 0.25) is 5.91 Å². The summed E-state index contributed by atoms with van der Waals surface area (Å²) in [5.74, 6) is -0.0646. The Bertz CT molecular complexity index is 640. The molecule has 3 heterocycles. The van der Waals surface area contributed by atoms with Gasteiger partial charge in [0.15, 0.2) is 0 Å². The highest BCUT2D eigenvalue weighted by Crippen LogP contribution is 2.36. The number of rotatable bonds is 5. The van der Waals surface area contributed by atoms with Gasteiger partial charge in [-0.3, -0.25) is 4.79 Å². The Morgan fingerprint density at radius 3 is 2.50 bits per heavy atom. The van der Waals surface area contributed by atoms with E-state index in [0.29, 0.717) is 6.61 Å². The van der Waals surface area contributed by atoms with Crippen LogP contribution in [0, 0.1) is 0 Å². The largest absolute Gasteiger partial charge is 0.498 e. The van der Waals surface area contributed by atoms with Crippen LogP contribution < -0.4 is 10.2 Å². The van der Waals surface area contributed by atoms with Crippen LogP contribution in [0.4, 0.5) is 0 Å². The molecule has 0 aliphatic carbocycles. The number of ether oxygens (including phenoxy) is 1. The lowest BCUT2D eigenvalue weighted by Gasteiger charge is -2.32. The molecule has 1 aromatic heterocycles. The third-order valence-electron chi connectivity index (χ3n) is 5.39. The molecule has 0 saturated carbocycles. The third kappa shape index (κ3) is 3.82. The molecule has 3 rings (SSSR count). The lowest BCUT2D eigenvalue weighted by atomic mass is 9.81. The second kappa shape index (κ2) is 7.33. The van der Waals surface area contributed by atoms with Crippen LogP contribution in [0.15, 0.2) is 12.4 Å². The molecule has 1 aromatic rings. The Balaban J connectivity index is 1.58. The SMILES string of the molecule is CC1(C)OB(c2cnc(OC[C@@H]3CCCN3C(=O)CCl)nc2)OC1(C)C. The highest BCUT2D eigenvalue weighted by Gasteiger charge is 2.52. The number of nitrogens with zero attached hydrogens (tertiary/aromatic N) is 3. The summed E-state index contributed by atoms with van der Waals surface area (Å²) in [6, 6.07) is 0.295. The van der Waals surface area contributed by atoms with Crippen molar-refractivity contribution in [2.24, 2.45) is 0 Å². The van der Waals surface area contributed by atoms with E-state index in [2.05, 4.69) is 9.97 Å². The summed E-state index contributed by atoms with van der Waals surface area (Å²) >= 11 is 5.65. The topological polar surface area (TPSA) is 73.8 Å². The number of amides is 1. The van der Waals surface area contributed by atoms with Crippen molar-refractivity contribution in [3.8, 4) is 6.01 Å². The van der Waals surface area contributed by atoms with Crippen molar-refractivity contribution >= 4 is 30.1 Å². The zero-order valence-corrected chi connectivity index (χ0v) is 16.5. The molecule has 2 fully saturated rings. The van der Waals surface area contributed by atoms with E-state index in [0.717, 1.165) is 24.8 Å². The van der Waals surface area contributed by atoms with Crippen molar-refractivity contribution in [2.75, 3.05) is 19.0 Å². The first-order valence-electron chi connectivity index (χ1n) is 8.89. The van der Waals surface area contributed by atoms with Crippen molar-refractivity contribution < 1.29 is 18.8 Å². The number of halogens is 1. The van der Waals surface area contributed by atoms with Gasteiger partial charge in [0.05, 0.1) is 17.2 Å². The average Bonchev–Trinajstić information content (AvgIpc) is 3.15. The number of hydrogen-bond donors (Lipinski definition) is 0. The fourth-order valence-corrected chi connectivity index (χ4v) is 3.24. The van der Waals surface area contributed by atoms with E-state index in [9.17, 15) is 4.79 Å². The van der Waals surface area contributed by atoms with Gasteiger partial charge in [-0.05, 0) is 40.5 Å². The molecule has 0 unspecified atom stereocenters. The van der Waals surface area contributed by atoms with Gasteiger partial charge >= 0.3 is 13.1 Å². The molecule has 2 aliphatic heterocycles. The summed E-state index contributed by atoms with van der Waals surface area (Å²) in [5, 5.41) is 0. The lowest BCUT2D eigenvalue weighted by Crippen LogP contribution is -2.41. The fraction of sp³-hybridized carbons (Fsp3) is 0.706. The standard InChI is InChI=1S/C17H25BClN3O4/c1-16(2)17(3,4)26-18(25-16)12-9-20-15(21-10-12)24-11-13-6-5-7-22(13)14(23)8-19/h9-10,13H,5-8,11H2,1-4H3/t13-/m0/s1. The highest BCUT2D eigenvalue weighted by molar-refractivity contribution is 6.61. The summed E-state index contributed by atoms with van der Waals surface area (Å²) in [4.78, 5) is 22.1. The maximum absolute atomic E-state index is 11.8. The van der Waals surface area contributed by atoms with Crippen molar-refractivity contribution in [1.82, 2.24) is 14.9 Å². The van der Waals surface area contributed by atoms with Gasteiger partial charge in [0.25, 0.3) is 0 Å². The Morgan fingerprint density at radius 1 is 1.31 bits per heavy atom. The molecule has 7 nitrogen and oxygen atoms in total. The monoisotopic (exact) mass is 381 g/mol. The average molecular weight is 382 g/mol. The quantitative estimate of drug-likeness (QED) is 0.567. The Morgan fingerprint density at radius 2 is 1.92 bits per heavy atom. The summed E-state index contributed by atoms with van der Waals surface area (Å²) < 4.78 is 17.6. The number of likely N-dealkylation sites (tertiary alicyclic amines) is 1. The van der Waals surface area contributed by atoms with Gasteiger partial charge < -0.3 is 18.9 Å². The number of aromatic nitrogens is 2. The summed E-state index contributed by atoms with van der Waals surface area (Å²) in [5.41, 5.74) is -0.0719. The number of carbonyl (C=O) groups excluding carboxylic acids is 1. The van der Waals surface area contributed by atoms with Crippen molar-refractivity contribution in [3.05, 3.63) is 12.4 Å². The molecule has 0 N–H and O–H groups in total. The lowest BCUT2D eigenvalue weighted by molar-refractivity contribution is -0.129. The minimum absolute atomic E-state index is 0.00418. The Labute approximate surface area is 159 Å². The summed E-state index contributed by atoms with van der Waals surface area (Å²) in [6.07, 6.45) is 5.16. The van der Waals surface area contributed by atoms with Crippen LogP contribution in [0.2, 0.25) is 0 Å². The first kappa shape index (κ1) is 19.4. The van der Waals surface area contributed by atoms with Crippen molar-refractivity contribution in [2.45, 2.75) is 57.8 Å². The molecular weight excluding hydrogens is 356 g/mol. The third-order valence-corrected chi connectivity index (χ3v) is 5.62. The van der Waals surface area contributed by atoms with Gasteiger partial charge in [0, 0.05) is 24.4 Å². The normalized spacial score (nSPS) is 24.1. The van der Waals surface area contributed by atoms with Crippen LogP contribution in [-0.4, -0.2) is 64.2 Å². The minimum Gasteiger partial charge on any atom is -0.461 e. The van der Waals surface area contributed by atoms with E-state index in [1.165, 1.54) is 0 Å². The molecule has 1 atom stereocenters. The van der Waals surface area contributed by atoms with Crippen LogP contribution in [0.1, 0.15) is 40.5 Å². The smallest absolute Gasteiger partial charge is 0.461 e. The van der Waals surface area contributed by atoms with E-state index in [1.54, 1.807) is 17.3 Å². The van der Waals surface area contributed by atoms with E-state index < -0.39 is 18.3 Å². The maximum atomic E-state index is 11.8. The molecule has 0 aromatic carbocycles. The van der Waals surface area contributed by atoms with E-state index >= 15 is 0 Å². The van der Waals surface area contributed by atoms with Gasteiger partial charge in [-0.15, -0.1) is 11.6 Å². The predicted octanol–water partition coefficient (Wildman–Crippen LogP) is 1.38. The zero-order chi connectivity index (χ0) is 18.9. The number of hydrogen-bond acceptors (Lipinski definition) is 6. The molecule has 142 valence electrons. The first-order valence-corrected chi connectivity index (χ1v) is 9.43. The molecule has 1 amide bonds. The molecule has 0 bridgehead atoms. The summed E-state index contributed by atoms with van der Waals surface area (Å²) in [6.45, 7) is 9.09. The molecular formula is C17H25BClN3O4. The number of carbonyl (C=O) groups is 1. The van der Waals surface area contributed by atoms with E-state index in [1.807, 2.05) is 27.7 Å². The minimum atomic E-state index is -0.499. The Kier molecular flexibility index (Phi) is 5.46.